The number of rotatable bonds is 8. The lowest BCUT2D eigenvalue weighted by Crippen LogP contribution is -2.58. The van der Waals surface area contributed by atoms with Gasteiger partial charge in [0.05, 0.1) is 6.61 Å². The van der Waals surface area contributed by atoms with Crippen molar-refractivity contribution in [1.29, 1.82) is 5.26 Å². The van der Waals surface area contributed by atoms with Crippen LogP contribution >= 0.6 is 0 Å². The van der Waals surface area contributed by atoms with Gasteiger partial charge in [0.15, 0.2) is 5.54 Å². The molecule has 13 heteroatoms. The molecular weight excluding hydrogens is 516 g/mol. The smallest absolute Gasteiger partial charge is 0.416 e. The zero-order chi connectivity index (χ0) is 27.4. The SMILES string of the molecule is N#CC1=C(c2ccc(OC(F)F)cc2)C[C@](c2ccc(OCCCC(F)(F)F)cc2)(C(F)(F)F)NC1=O. The van der Waals surface area contributed by atoms with Crippen LogP contribution in [0.25, 0.3) is 5.57 Å². The monoisotopic (exact) mass is 534 g/mol. The minimum absolute atomic E-state index is 0.0197. The average molecular weight is 534 g/mol. The fourth-order valence-corrected chi connectivity index (χ4v) is 3.80. The summed E-state index contributed by atoms with van der Waals surface area (Å²) < 4.78 is 114. The number of amides is 1. The lowest BCUT2D eigenvalue weighted by Gasteiger charge is -2.40. The van der Waals surface area contributed by atoms with Crippen LogP contribution in [0, 0.1) is 11.3 Å². The van der Waals surface area contributed by atoms with Gasteiger partial charge >= 0.3 is 19.0 Å². The minimum atomic E-state index is -5.05. The van der Waals surface area contributed by atoms with E-state index in [1.807, 2.05) is 5.32 Å². The van der Waals surface area contributed by atoms with Crippen LogP contribution in [0.5, 0.6) is 11.5 Å². The zero-order valence-electron chi connectivity index (χ0n) is 18.7. The summed E-state index contributed by atoms with van der Waals surface area (Å²) in [6.45, 7) is -3.45. The van der Waals surface area contributed by atoms with Gasteiger partial charge in [-0.05, 0) is 47.4 Å². The molecule has 1 aliphatic heterocycles. The highest BCUT2D eigenvalue weighted by molar-refractivity contribution is 6.07. The van der Waals surface area contributed by atoms with E-state index in [9.17, 15) is 45.2 Å². The third kappa shape index (κ3) is 6.49. The molecule has 0 aliphatic carbocycles. The quantitative estimate of drug-likeness (QED) is 0.321. The summed E-state index contributed by atoms with van der Waals surface area (Å²) in [5.41, 5.74) is -4.20. The molecule has 1 aliphatic rings. The predicted octanol–water partition coefficient (Wildman–Crippen LogP) is 6.26. The molecule has 1 amide bonds. The summed E-state index contributed by atoms with van der Waals surface area (Å²) in [4.78, 5) is 12.6. The molecule has 1 heterocycles. The number of nitriles is 1. The second kappa shape index (κ2) is 10.7. The van der Waals surface area contributed by atoms with E-state index in [1.165, 1.54) is 0 Å². The van der Waals surface area contributed by atoms with Crippen molar-refractivity contribution >= 4 is 11.5 Å². The van der Waals surface area contributed by atoms with Crippen molar-refractivity contribution < 1.29 is 49.4 Å². The number of alkyl halides is 8. The second-order valence-electron chi connectivity index (χ2n) is 7.99. The number of nitrogens with zero attached hydrogens (tertiary/aromatic N) is 1. The molecule has 0 radical (unpaired) electrons. The van der Waals surface area contributed by atoms with Crippen LogP contribution < -0.4 is 14.8 Å². The molecule has 0 fully saturated rings. The van der Waals surface area contributed by atoms with Crippen LogP contribution in [0.4, 0.5) is 35.1 Å². The molecule has 0 spiro atoms. The molecule has 198 valence electrons. The fraction of sp³-hybridized carbons (Fsp3) is 0.333. The molecule has 2 aromatic rings. The first-order valence-electron chi connectivity index (χ1n) is 10.6. The number of hydrogen-bond donors (Lipinski definition) is 1. The molecule has 0 saturated carbocycles. The Bertz CT molecular complexity index is 1180. The largest absolute Gasteiger partial charge is 0.494 e. The summed E-state index contributed by atoms with van der Waals surface area (Å²) in [5, 5.41) is 11.3. The Balaban J connectivity index is 1.93. The number of nitrogens with one attached hydrogen (secondary N) is 1. The highest BCUT2D eigenvalue weighted by Crippen LogP contribution is 2.48. The molecule has 37 heavy (non-hydrogen) atoms. The van der Waals surface area contributed by atoms with E-state index in [0.29, 0.717) is 0 Å². The lowest BCUT2D eigenvalue weighted by molar-refractivity contribution is -0.201. The molecule has 0 bridgehead atoms. The number of carbonyl (C=O) groups excluding carboxylic acids is 1. The van der Waals surface area contributed by atoms with Crippen molar-refractivity contribution in [3.05, 3.63) is 65.2 Å². The first-order valence-corrected chi connectivity index (χ1v) is 10.6. The Kier molecular flexibility index (Phi) is 8.00. The van der Waals surface area contributed by atoms with Gasteiger partial charge in [-0.1, -0.05) is 24.3 Å². The molecule has 1 atom stereocenters. The third-order valence-corrected chi connectivity index (χ3v) is 5.54. The number of halogens is 8. The maximum Gasteiger partial charge on any atom is 0.416 e. The van der Waals surface area contributed by atoms with Crippen LogP contribution in [-0.2, 0) is 10.3 Å². The summed E-state index contributed by atoms with van der Waals surface area (Å²) in [6.07, 6.45) is -11.7. The summed E-state index contributed by atoms with van der Waals surface area (Å²) in [5.74, 6) is -1.54. The molecular formula is C24H18F8N2O3. The van der Waals surface area contributed by atoms with Gasteiger partial charge < -0.3 is 14.8 Å². The molecule has 0 saturated heterocycles. The van der Waals surface area contributed by atoms with E-state index in [4.69, 9.17) is 4.74 Å². The number of carbonyl (C=O) groups is 1. The summed E-state index contributed by atoms with van der Waals surface area (Å²) >= 11 is 0. The Hall–Kier alpha value is -3.82. The first-order chi connectivity index (χ1) is 17.3. The maximum absolute atomic E-state index is 14.5. The van der Waals surface area contributed by atoms with Gasteiger partial charge in [-0.2, -0.15) is 40.4 Å². The van der Waals surface area contributed by atoms with Gasteiger partial charge in [0, 0.05) is 12.8 Å². The average Bonchev–Trinajstić information content (AvgIpc) is 2.80. The van der Waals surface area contributed by atoms with Crippen molar-refractivity contribution in [2.45, 2.75) is 43.8 Å². The highest BCUT2D eigenvalue weighted by atomic mass is 19.4. The van der Waals surface area contributed by atoms with Crippen LogP contribution in [0.3, 0.4) is 0 Å². The topological polar surface area (TPSA) is 71.3 Å². The Morgan fingerprint density at radius 1 is 0.973 bits per heavy atom. The minimum Gasteiger partial charge on any atom is -0.494 e. The Morgan fingerprint density at radius 2 is 1.57 bits per heavy atom. The fourth-order valence-electron chi connectivity index (χ4n) is 3.80. The van der Waals surface area contributed by atoms with Crippen molar-refractivity contribution in [3.8, 4) is 17.6 Å². The standard InChI is InChI=1S/C24H18F8N2O3/c25-21(26)37-17-6-2-14(3-7-17)18-12-22(24(30,31)32,34-20(35)19(18)13-33)15-4-8-16(9-5-15)36-11-1-10-23(27,28)29/h2-9,21H,1,10-12H2,(H,34,35)/t22-/m0/s1. The lowest BCUT2D eigenvalue weighted by atomic mass is 9.76. The molecule has 2 aromatic carbocycles. The van der Waals surface area contributed by atoms with Crippen LogP contribution in [0.1, 0.15) is 30.4 Å². The van der Waals surface area contributed by atoms with E-state index >= 15 is 0 Å². The molecule has 0 aromatic heterocycles. The van der Waals surface area contributed by atoms with Crippen LogP contribution in [0.2, 0.25) is 0 Å². The van der Waals surface area contributed by atoms with Gasteiger partial charge in [-0.3, -0.25) is 4.79 Å². The molecule has 1 N–H and O–H groups in total. The summed E-state index contributed by atoms with van der Waals surface area (Å²) in [7, 11) is 0. The number of hydrogen-bond acceptors (Lipinski definition) is 4. The molecule has 5 nitrogen and oxygen atoms in total. The van der Waals surface area contributed by atoms with Gasteiger partial charge in [0.25, 0.3) is 5.91 Å². The summed E-state index contributed by atoms with van der Waals surface area (Å²) in [6, 6.07) is 10.3. The number of ether oxygens (including phenoxy) is 2. The van der Waals surface area contributed by atoms with Gasteiger partial charge in [-0.25, -0.2) is 0 Å². The molecule has 3 rings (SSSR count). The number of benzene rings is 2. The highest BCUT2D eigenvalue weighted by Gasteiger charge is 2.59. The Morgan fingerprint density at radius 3 is 2.08 bits per heavy atom. The van der Waals surface area contributed by atoms with E-state index in [-0.39, 0.29) is 35.7 Å². The maximum atomic E-state index is 14.5. The van der Waals surface area contributed by atoms with Crippen LogP contribution in [-0.4, -0.2) is 31.5 Å². The zero-order valence-corrected chi connectivity index (χ0v) is 18.7. The Labute approximate surface area is 205 Å². The normalized spacial score (nSPS) is 18.4. The van der Waals surface area contributed by atoms with Gasteiger partial charge in [-0.15, -0.1) is 0 Å². The van der Waals surface area contributed by atoms with E-state index in [1.54, 1.807) is 6.07 Å². The van der Waals surface area contributed by atoms with Crippen molar-refractivity contribution in [2.75, 3.05) is 6.61 Å². The van der Waals surface area contributed by atoms with Crippen LogP contribution in [0.15, 0.2) is 54.1 Å². The molecule has 0 unspecified atom stereocenters. The first kappa shape index (κ1) is 27.8. The van der Waals surface area contributed by atoms with Gasteiger partial charge in [0.1, 0.15) is 23.1 Å². The van der Waals surface area contributed by atoms with Crippen molar-refractivity contribution in [2.24, 2.45) is 0 Å². The van der Waals surface area contributed by atoms with Gasteiger partial charge in [0.2, 0.25) is 0 Å². The van der Waals surface area contributed by atoms with E-state index in [0.717, 1.165) is 48.5 Å². The van der Waals surface area contributed by atoms with Crippen molar-refractivity contribution in [3.63, 3.8) is 0 Å². The predicted molar refractivity (Wildman–Crippen MR) is 113 cm³/mol. The van der Waals surface area contributed by atoms with E-state index < -0.39 is 54.4 Å². The van der Waals surface area contributed by atoms with Crippen molar-refractivity contribution in [1.82, 2.24) is 5.32 Å². The van der Waals surface area contributed by atoms with E-state index in [2.05, 4.69) is 4.74 Å². The third-order valence-electron chi connectivity index (χ3n) is 5.54. The second-order valence-corrected chi connectivity index (χ2v) is 7.99.